The summed E-state index contributed by atoms with van der Waals surface area (Å²) >= 11 is 0. The zero-order valence-electron chi connectivity index (χ0n) is 11.7. The summed E-state index contributed by atoms with van der Waals surface area (Å²) in [5.41, 5.74) is 4.53. The van der Waals surface area contributed by atoms with Gasteiger partial charge in [-0.1, -0.05) is 6.42 Å². The van der Waals surface area contributed by atoms with Gasteiger partial charge in [-0.05, 0) is 33.6 Å². The number of hydrogen-bond donors (Lipinski definition) is 2. The average Bonchev–Trinajstić information content (AvgIpc) is 2.36. The second kappa shape index (κ2) is 5.52. The molecule has 1 aliphatic heterocycles. The van der Waals surface area contributed by atoms with Gasteiger partial charge in [-0.3, -0.25) is 0 Å². The summed E-state index contributed by atoms with van der Waals surface area (Å²) in [5, 5.41) is 5.29. The Morgan fingerprint density at radius 1 is 1.28 bits per heavy atom. The van der Waals surface area contributed by atoms with Crippen molar-refractivity contribution >= 4 is 11.8 Å². The number of aryl methyl sites for hydroxylation is 1. The van der Waals surface area contributed by atoms with Gasteiger partial charge in [0.15, 0.2) is 0 Å². The number of hydrogen-bond acceptors (Lipinski definition) is 5. The van der Waals surface area contributed by atoms with Gasteiger partial charge < -0.3 is 10.7 Å². The van der Waals surface area contributed by atoms with Gasteiger partial charge in [0, 0.05) is 30.9 Å². The van der Waals surface area contributed by atoms with E-state index in [1.54, 1.807) is 0 Å². The molecule has 0 aliphatic carbocycles. The van der Waals surface area contributed by atoms with Gasteiger partial charge in [-0.25, -0.2) is 9.99 Å². The molecule has 2 N–H and O–H groups in total. The van der Waals surface area contributed by atoms with Crippen molar-refractivity contribution in [3.8, 4) is 0 Å². The van der Waals surface area contributed by atoms with E-state index in [1.165, 1.54) is 19.3 Å². The Balaban J connectivity index is 2.16. The highest BCUT2D eigenvalue weighted by molar-refractivity contribution is 5.45. The molecule has 2 atom stereocenters. The highest BCUT2D eigenvalue weighted by atomic mass is 15.5. The molecule has 2 rings (SSSR count). The summed E-state index contributed by atoms with van der Waals surface area (Å²) in [6, 6.07) is 1.09. The molecular formula is C13H23N5. The van der Waals surface area contributed by atoms with Crippen LogP contribution in [0.2, 0.25) is 0 Å². The van der Waals surface area contributed by atoms with E-state index in [2.05, 4.69) is 39.6 Å². The Hall–Kier alpha value is -1.36. The molecule has 0 spiro atoms. The third-order valence-electron chi connectivity index (χ3n) is 3.62. The molecule has 1 aliphatic rings. The van der Waals surface area contributed by atoms with Crippen molar-refractivity contribution in [3.05, 3.63) is 11.8 Å². The second-order valence-corrected chi connectivity index (χ2v) is 5.12. The fourth-order valence-corrected chi connectivity index (χ4v) is 2.44. The van der Waals surface area contributed by atoms with E-state index < -0.39 is 0 Å². The Labute approximate surface area is 109 Å². The van der Waals surface area contributed by atoms with E-state index in [0.29, 0.717) is 18.0 Å². The first-order chi connectivity index (χ1) is 8.61. The van der Waals surface area contributed by atoms with Crippen molar-refractivity contribution < 1.29 is 0 Å². The van der Waals surface area contributed by atoms with Crippen LogP contribution in [0, 0.1) is 6.92 Å². The molecule has 100 valence electrons. The Morgan fingerprint density at radius 2 is 1.94 bits per heavy atom. The number of hydrazine groups is 1. The predicted octanol–water partition coefficient (Wildman–Crippen LogP) is 2.42. The number of rotatable bonds is 3. The normalized spacial score (nSPS) is 24.9. The summed E-state index contributed by atoms with van der Waals surface area (Å²) < 4.78 is 0. The van der Waals surface area contributed by atoms with Gasteiger partial charge in [-0.15, -0.1) is 0 Å². The van der Waals surface area contributed by atoms with Crippen molar-refractivity contribution in [2.75, 3.05) is 17.8 Å². The van der Waals surface area contributed by atoms with Crippen LogP contribution >= 0.6 is 0 Å². The molecule has 5 nitrogen and oxygen atoms in total. The molecule has 2 unspecified atom stereocenters. The third-order valence-corrected chi connectivity index (χ3v) is 3.62. The molecule has 0 saturated carbocycles. The summed E-state index contributed by atoms with van der Waals surface area (Å²) in [6.45, 7) is 6.55. The monoisotopic (exact) mass is 249 g/mol. The first kappa shape index (κ1) is 13.1. The highest BCUT2D eigenvalue weighted by Gasteiger charge is 2.25. The van der Waals surface area contributed by atoms with Gasteiger partial charge in [0.2, 0.25) is 5.95 Å². The van der Waals surface area contributed by atoms with E-state index >= 15 is 0 Å². The minimum atomic E-state index is 0.543. The number of nitrogens with one attached hydrogen (secondary N) is 2. The van der Waals surface area contributed by atoms with Crippen LogP contribution in [0.25, 0.3) is 0 Å². The Morgan fingerprint density at radius 3 is 2.56 bits per heavy atom. The second-order valence-electron chi connectivity index (χ2n) is 5.12. The zero-order valence-corrected chi connectivity index (χ0v) is 11.7. The van der Waals surface area contributed by atoms with Gasteiger partial charge in [0.05, 0.1) is 0 Å². The Kier molecular flexibility index (Phi) is 4.01. The van der Waals surface area contributed by atoms with E-state index in [4.69, 9.17) is 0 Å². The lowest BCUT2D eigenvalue weighted by molar-refractivity contribution is 0.135. The van der Waals surface area contributed by atoms with Crippen LogP contribution in [-0.4, -0.2) is 34.1 Å². The van der Waals surface area contributed by atoms with Crippen LogP contribution < -0.4 is 10.7 Å². The van der Waals surface area contributed by atoms with Crippen LogP contribution in [0.15, 0.2) is 6.20 Å². The molecule has 2 heterocycles. The first-order valence-corrected chi connectivity index (χ1v) is 6.68. The number of anilines is 2. The lowest BCUT2D eigenvalue weighted by Gasteiger charge is -2.39. The molecule has 1 aromatic heterocycles. The minimum absolute atomic E-state index is 0.543. The molecule has 1 fully saturated rings. The highest BCUT2D eigenvalue weighted by Crippen LogP contribution is 2.24. The van der Waals surface area contributed by atoms with Gasteiger partial charge in [0.1, 0.15) is 5.82 Å². The van der Waals surface area contributed by atoms with Crippen LogP contribution in [0.5, 0.6) is 0 Å². The van der Waals surface area contributed by atoms with Crippen molar-refractivity contribution in [2.45, 2.75) is 52.1 Å². The van der Waals surface area contributed by atoms with Crippen molar-refractivity contribution in [1.82, 2.24) is 15.0 Å². The molecule has 0 amide bonds. The molecule has 5 heteroatoms. The van der Waals surface area contributed by atoms with E-state index in [1.807, 2.05) is 20.2 Å². The standard InChI is InChI=1S/C13H23N5/c1-9-8-15-13(14-4)16-12(9)17-18-10(2)6-5-7-11(18)3/h8,10-11H,5-7H2,1-4H3,(H2,14,15,16,17). The molecule has 0 radical (unpaired) electrons. The molecule has 0 bridgehead atoms. The Bertz CT molecular complexity index is 396. The summed E-state index contributed by atoms with van der Waals surface area (Å²) in [5.74, 6) is 1.55. The van der Waals surface area contributed by atoms with Crippen LogP contribution in [0.3, 0.4) is 0 Å². The first-order valence-electron chi connectivity index (χ1n) is 6.68. The number of aromatic nitrogens is 2. The zero-order chi connectivity index (χ0) is 13.1. The minimum Gasteiger partial charge on any atom is -0.357 e. The molecular weight excluding hydrogens is 226 g/mol. The van der Waals surface area contributed by atoms with E-state index in [-0.39, 0.29) is 0 Å². The van der Waals surface area contributed by atoms with Crippen molar-refractivity contribution in [2.24, 2.45) is 0 Å². The van der Waals surface area contributed by atoms with Crippen molar-refractivity contribution in [1.29, 1.82) is 0 Å². The van der Waals surface area contributed by atoms with Gasteiger partial charge >= 0.3 is 0 Å². The number of piperidine rings is 1. The molecule has 1 saturated heterocycles. The smallest absolute Gasteiger partial charge is 0.224 e. The maximum Gasteiger partial charge on any atom is 0.224 e. The van der Waals surface area contributed by atoms with Crippen LogP contribution in [0.4, 0.5) is 11.8 Å². The average molecular weight is 249 g/mol. The van der Waals surface area contributed by atoms with E-state index in [0.717, 1.165) is 11.4 Å². The number of nitrogens with zero attached hydrogens (tertiary/aromatic N) is 3. The van der Waals surface area contributed by atoms with Gasteiger partial charge in [-0.2, -0.15) is 4.98 Å². The fraction of sp³-hybridized carbons (Fsp3) is 0.692. The summed E-state index contributed by atoms with van der Waals surface area (Å²) in [6.07, 6.45) is 5.63. The summed E-state index contributed by atoms with van der Waals surface area (Å²) in [4.78, 5) is 8.69. The molecule has 1 aromatic rings. The topological polar surface area (TPSA) is 53.1 Å². The lowest BCUT2D eigenvalue weighted by atomic mass is 10.00. The van der Waals surface area contributed by atoms with Crippen molar-refractivity contribution in [3.63, 3.8) is 0 Å². The van der Waals surface area contributed by atoms with E-state index in [9.17, 15) is 0 Å². The van der Waals surface area contributed by atoms with Crippen LogP contribution in [0.1, 0.15) is 38.7 Å². The molecule has 0 aromatic carbocycles. The third kappa shape index (κ3) is 2.72. The SMILES string of the molecule is CNc1ncc(C)c(NN2C(C)CCCC2C)n1. The quantitative estimate of drug-likeness (QED) is 0.861. The fourth-order valence-electron chi connectivity index (χ4n) is 2.44. The predicted molar refractivity (Wildman–Crippen MR) is 74.6 cm³/mol. The maximum atomic E-state index is 4.48. The maximum absolute atomic E-state index is 4.48. The molecule has 18 heavy (non-hydrogen) atoms. The van der Waals surface area contributed by atoms with Gasteiger partial charge in [0.25, 0.3) is 0 Å². The summed E-state index contributed by atoms with van der Waals surface area (Å²) in [7, 11) is 1.83. The van der Waals surface area contributed by atoms with Crippen LogP contribution in [-0.2, 0) is 0 Å². The lowest BCUT2D eigenvalue weighted by Crippen LogP contribution is -2.47. The largest absolute Gasteiger partial charge is 0.357 e.